The monoisotopic (exact) mass is 129 g/mol. The Kier molecular flexibility index (Phi) is 2.09. The van der Waals surface area contributed by atoms with Crippen molar-refractivity contribution in [3.05, 3.63) is 0 Å². The van der Waals surface area contributed by atoms with Crippen LogP contribution in [0.4, 0.5) is 0 Å². The molecule has 1 fully saturated rings. The smallest absolute Gasteiger partial charge is 0.0325 e. The van der Waals surface area contributed by atoms with E-state index in [1.807, 2.05) is 0 Å². The van der Waals surface area contributed by atoms with E-state index in [0.717, 1.165) is 12.8 Å². The van der Waals surface area contributed by atoms with Crippen molar-refractivity contribution in [3.8, 4) is 0 Å². The van der Waals surface area contributed by atoms with Gasteiger partial charge in [-0.15, -0.1) is 0 Å². The van der Waals surface area contributed by atoms with E-state index in [2.05, 4.69) is 13.8 Å². The first-order valence-electron chi connectivity index (χ1n) is 3.69. The van der Waals surface area contributed by atoms with E-state index in [1.165, 1.54) is 11.5 Å². The van der Waals surface area contributed by atoms with Gasteiger partial charge in [0.2, 0.25) is 0 Å². The van der Waals surface area contributed by atoms with Crippen LogP contribution in [0.2, 0.25) is 0 Å². The SMILES string of the molecule is CC1CCCC(C)N1O. The van der Waals surface area contributed by atoms with Crippen molar-refractivity contribution in [1.29, 1.82) is 0 Å². The molecular weight excluding hydrogens is 114 g/mol. The maximum absolute atomic E-state index is 9.28. The van der Waals surface area contributed by atoms with Gasteiger partial charge in [-0.1, -0.05) is 6.42 Å². The fourth-order valence-corrected chi connectivity index (χ4v) is 1.41. The quantitative estimate of drug-likeness (QED) is 0.537. The lowest BCUT2D eigenvalue weighted by atomic mass is 10.0. The molecule has 0 amide bonds. The fourth-order valence-electron chi connectivity index (χ4n) is 1.41. The second-order valence-electron chi connectivity index (χ2n) is 3.01. The van der Waals surface area contributed by atoms with Gasteiger partial charge in [0.1, 0.15) is 0 Å². The second kappa shape index (κ2) is 2.67. The van der Waals surface area contributed by atoms with E-state index >= 15 is 0 Å². The van der Waals surface area contributed by atoms with Gasteiger partial charge in [-0.3, -0.25) is 0 Å². The third kappa shape index (κ3) is 1.43. The molecule has 1 aliphatic rings. The molecule has 0 aromatic carbocycles. The van der Waals surface area contributed by atoms with Gasteiger partial charge in [0.25, 0.3) is 0 Å². The summed E-state index contributed by atoms with van der Waals surface area (Å²) in [6, 6.07) is 0.738. The zero-order chi connectivity index (χ0) is 6.85. The summed E-state index contributed by atoms with van der Waals surface area (Å²) in [6.45, 7) is 4.13. The Balaban J connectivity index is 2.41. The van der Waals surface area contributed by atoms with Gasteiger partial charge in [0.05, 0.1) is 0 Å². The Labute approximate surface area is 56.4 Å². The van der Waals surface area contributed by atoms with Crippen molar-refractivity contribution in [3.63, 3.8) is 0 Å². The predicted molar refractivity (Wildman–Crippen MR) is 36.4 cm³/mol. The van der Waals surface area contributed by atoms with Crippen LogP contribution in [0.25, 0.3) is 0 Å². The highest BCUT2D eigenvalue weighted by Gasteiger charge is 2.21. The maximum Gasteiger partial charge on any atom is 0.0325 e. The molecule has 0 saturated carbocycles. The minimum Gasteiger partial charge on any atom is -0.313 e. The van der Waals surface area contributed by atoms with E-state index in [9.17, 15) is 5.21 Å². The highest BCUT2D eigenvalue weighted by molar-refractivity contribution is 4.72. The van der Waals surface area contributed by atoms with Crippen LogP contribution in [0.1, 0.15) is 33.1 Å². The van der Waals surface area contributed by atoms with Gasteiger partial charge in [0, 0.05) is 12.1 Å². The van der Waals surface area contributed by atoms with Crippen LogP contribution in [0.5, 0.6) is 0 Å². The highest BCUT2D eigenvalue weighted by atomic mass is 16.5. The topological polar surface area (TPSA) is 23.5 Å². The average molecular weight is 129 g/mol. The molecule has 0 radical (unpaired) electrons. The molecule has 0 spiro atoms. The van der Waals surface area contributed by atoms with Gasteiger partial charge >= 0.3 is 0 Å². The van der Waals surface area contributed by atoms with E-state index in [4.69, 9.17) is 0 Å². The van der Waals surface area contributed by atoms with E-state index in [-0.39, 0.29) is 0 Å². The second-order valence-corrected chi connectivity index (χ2v) is 3.01. The first-order chi connectivity index (χ1) is 4.22. The first-order valence-corrected chi connectivity index (χ1v) is 3.69. The third-order valence-electron chi connectivity index (χ3n) is 2.15. The molecule has 1 rings (SSSR count). The number of hydrogen-bond donors (Lipinski definition) is 1. The molecule has 2 nitrogen and oxygen atoms in total. The third-order valence-corrected chi connectivity index (χ3v) is 2.15. The number of hydroxylamine groups is 2. The lowest BCUT2D eigenvalue weighted by Gasteiger charge is -2.33. The summed E-state index contributed by atoms with van der Waals surface area (Å²) in [6.07, 6.45) is 3.54. The zero-order valence-electron chi connectivity index (χ0n) is 6.17. The molecule has 0 aromatic rings. The van der Waals surface area contributed by atoms with Crippen LogP contribution < -0.4 is 0 Å². The number of piperidine rings is 1. The van der Waals surface area contributed by atoms with E-state index in [1.54, 1.807) is 0 Å². The molecule has 0 bridgehead atoms. The van der Waals surface area contributed by atoms with Gasteiger partial charge in [-0.25, -0.2) is 0 Å². The minimum atomic E-state index is 0.369. The van der Waals surface area contributed by atoms with Crippen molar-refractivity contribution < 1.29 is 5.21 Å². The summed E-state index contributed by atoms with van der Waals surface area (Å²) >= 11 is 0. The zero-order valence-corrected chi connectivity index (χ0v) is 6.17. The van der Waals surface area contributed by atoms with Crippen LogP contribution >= 0.6 is 0 Å². The summed E-state index contributed by atoms with van der Waals surface area (Å²) in [4.78, 5) is 0. The summed E-state index contributed by atoms with van der Waals surface area (Å²) in [5, 5.41) is 10.8. The number of nitrogens with zero attached hydrogens (tertiary/aromatic N) is 1. The van der Waals surface area contributed by atoms with Crippen LogP contribution in [0.15, 0.2) is 0 Å². The van der Waals surface area contributed by atoms with Gasteiger partial charge in [-0.05, 0) is 26.7 Å². The summed E-state index contributed by atoms with van der Waals surface area (Å²) in [5.74, 6) is 0. The van der Waals surface area contributed by atoms with Crippen molar-refractivity contribution >= 4 is 0 Å². The maximum atomic E-state index is 9.28. The molecule has 1 saturated heterocycles. The number of rotatable bonds is 0. The van der Waals surface area contributed by atoms with Crippen molar-refractivity contribution in [2.45, 2.75) is 45.2 Å². The van der Waals surface area contributed by atoms with Crippen LogP contribution in [-0.2, 0) is 0 Å². The Hall–Kier alpha value is -0.0800. The molecule has 1 heterocycles. The van der Waals surface area contributed by atoms with Crippen molar-refractivity contribution in [1.82, 2.24) is 5.06 Å². The van der Waals surface area contributed by atoms with Crippen LogP contribution in [0, 0.1) is 0 Å². The minimum absolute atomic E-state index is 0.369. The van der Waals surface area contributed by atoms with Crippen molar-refractivity contribution in [2.24, 2.45) is 0 Å². The molecule has 9 heavy (non-hydrogen) atoms. The lowest BCUT2D eigenvalue weighted by Crippen LogP contribution is -2.40. The van der Waals surface area contributed by atoms with Gasteiger partial charge < -0.3 is 5.21 Å². The summed E-state index contributed by atoms with van der Waals surface area (Å²) < 4.78 is 0. The van der Waals surface area contributed by atoms with E-state index < -0.39 is 0 Å². The molecule has 1 N–H and O–H groups in total. The standard InChI is InChI=1S/C7H15NO/c1-6-4-3-5-7(2)8(6)9/h6-7,9H,3-5H2,1-2H3. The molecule has 2 heteroatoms. The Morgan fingerprint density at radius 2 is 1.67 bits per heavy atom. The van der Waals surface area contributed by atoms with Crippen molar-refractivity contribution in [2.75, 3.05) is 0 Å². The van der Waals surface area contributed by atoms with Gasteiger partial charge in [-0.2, -0.15) is 5.06 Å². The number of hydrogen-bond acceptors (Lipinski definition) is 2. The molecule has 1 aliphatic heterocycles. The predicted octanol–water partition coefficient (Wildman–Crippen LogP) is 1.64. The largest absolute Gasteiger partial charge is 0.313 e. The van der Waals surface area contributed by atoms with Crippen LogP contribution in [0.3, 0.4) is 0 Å². The summed E-state index contributed by atoms with van der Waals surface area (Å²) in [7, 11) is 0. The average Bonchev–Trinajstić information content (AvgIpc) is 1.83. The molecule has 0 aromatic heterocycles. The van der Waals surface area contributed by atoms with Gasteiger partial charge in [0.15, 0.2) is 0 Å². The Morgan fingerprint density at radius 3 is 2.00 bits per heavy atom. The van der Waals surface area contributed by atoms with Crippen LogP contribution in [-0.4, -0.2) is 22.4 Å². The molecular formula is C7H15NO. The molecule has 0 aliphatic carbocycles. The lowest BCUT2D eigenvalue weighted by molar-refractivity contribution is -0.167. The molecule has 2 unspecified atom stereocenters. The normalized spacial score (nSPS) is 39.0. The fraction of sp³-hybridized carbons (Fsp3) is 1.00. The highest BCUT2D eigenvalue weighted by Crippen LogP contribution is 2.19. The summed E-state index contributed by atoms with van der Waals surface area (Å²) in [5.41, 5.74) is 0. The Bertz CT molecular complexity index is 84.9. The first kappa shape index (κ1) is 7.03. The Morgan fingerprint density at radius 1 is 1.22 bits per heavy atom. The molecule has 2 atom stereocenters. The molecule has 54 valence electrons. The van der Waals surface area contributed by atoms with E-state index in [0.29, 0.717) is 12.1 Å².